The molecule has 0 saturated carbocycles. The van der Waals surface area contributed by atoms with Crippen molar-refractivity contribution >= 4 is 11.6 Å². The van der Waals surface area contributed by atoms with E-state index in [-0.39, 0.29) is 0 Å². The van der Waals surface area contributed by atoms with Gasteiger partial charge in [-0.1, -0.05) is 25.4 Å². The second-order valence-corrected chi connectivity index (χ2v) is 6.28. The van der Waals surface area contributed by atoms with Crippen molar-refractivity contribution in [2.45, 2.75) is 45.8 Å². The highest BCUT2D eigenvalue weighted by molar-refractivity contribution is 6.30. The summed E-state index contributed by atoms with van der Waals surface area (Å²) in [6, 6.07) is 0. The maximum atomic E-state index is 9.82. The van der Waals surface area contributed by atoms with Crippen LogP contribution < -0.4 is 0 Å². The van der Waals surface area contributed by atoms with E-state index in [1.807, 2.05) is 14.1 Å². The van der Waals surface area contributed by atoms with Gasteiger partial charge >= 0.3 is 0 Å². The quantitative estimate of drug-likeness (QED) is 0.896. The summed E-state index contributed by atoms with van der Waals surface area (Å²) in [6.07, 6.45) is 0. The zero-order chi connectivity index (χ0) is 14.1. The molecule has 0 saturated heterocycles. The molecule has 0 amide bonds. The molecule has 4 nitrogen and oxygen atoms in total. The zero-order valence-corrected chi connectivity index (χ0v) is 12.9. The smallest absolute Gasteiger partial charge is 0.131 e. The van der Waals surface area contributed by atoms with Crippen molar-refractivity contribution in [3.05, 3.63) is 16.4 Å². The molecule has 5 heteroatoms. The fraction of sp³-hybridized carbons (Fsp3) is 0.769. The molecule has 0 bridgehead atoms. The summed E-state index contributed by atoms with van der Waals surface area (Å²) in [6.45, 7) is 9.12. The molecule has 104 valence electrons. The van der Waals surface area contributed by atoms with Crippen molar-refractivity contribution in [1.29, 1.82) is 0 Å². The number of hydrogen-bond donors (Lipinski definition) is 1. The third-order valence-electron chi connectivity index (χ3n) is 2.73. The molecule has 1 heterocycles. The second-order valence-electron chi connectivity index (χ2n) is 5.92. The van der Waals surface area contributed by atoms with E-state index < -0.39 is 5.60 Å². The highest BCUT2D eigenvalue weighted by atomic mass is 35.5. The summed E-state index contributed by atoms with van der Waals surface area (Å²) in [5.74, 6) is 0.342. The molecule has 0 aliphatic heterocycles. The van der Waals surface area contributed by atoms with E-state index in [1.165, 1.54) is 0 Å². The first-order valence-corrected chi connectivity index (χ1v) is 6.62. The molecule has 18 heavy (non-hydrogen) atoms. The van der Waals surface area contributed by atoms with E-state index in [0.29, 0.717) is 24.2 Å². The number of likely N-dealkylation sites (N-methyl/N-ethyl adjacent to an activating group) is 1. The van der Waals surface area contributed by atoms with Gasteiger partial charge in [-0.05, 0) is 26.8 Å². The largest absolute Gasteiger partial charge is 0.389 e. The Kier molecular flexibility index (Phi) is 4.81. The molecule has 1 rings (SSSR count). The normalized spacial score (nSPS) is 12.8. The van der Waals surface area contributed by atoms with E-state index >= 15 is 0 Å². The van der Waals surface area contributed by atoms with Crippen molar-refractivity contribution in [2.24, 2.45) is 7.05 Å². The summed E-state index contributed by atoms with van der Waals surface area (Å²) in [7, 11) is 3.83. The van der Waals surface area contributed by atoms with E-state index in [4.69, 9.17) is 11.6 Å². The number of halogens is 1. The van der Waals surface area contributed by atoms with Gasteiger partial charge in [-0.15, -0.1) is 0 Å². The second kappa shape index (κ2) is 5.59. The Balaban J connectivity index is 2.90. The first kappa shape index (κ1) is 15.5. The molecule has 1 aromatic heterocycles. The number of rotatable bonds is 5. The molecule has 0 spiro atoms. The Bertz CT molecular complexity index is 407. The Morgan fingerprint density at radius 3 is 2.44 bits per heavy atom. The zero-order valence-electron chi connectivity index (χ0n) is 12.2. The van der Waals surface area contributed by atoms with Gasteiger partial charge in [-0.3, -0.25) is 9.58 Å². The summed E-state index contributed by atoms with van der Waals surface area (Å²) < 4.78 is 1.71. The fourth-order valence-electron chi connectivity index (χ4n) is 2.16. The lowest BCUT2D eigenvalue weighted by molar-refractivity contribution is 0.0424. The van der Waals surface area contributed by atoms with Crippen molar-refractivity contribution < 1.29 is 5.11 Å². The monoisotopic (exact) mass is 273 g/mol. The maximum Gasteiger partial charge on any atom is 0.131 e. The van der Waals surface area contributed by atoms with Gasteiger partial charge in [0.25, 0.3) is 0 Å². The molecule has 1 aromatic rings. The third-order valence-corrected chi connectivity index (χ3v) is 3.20. The van der Waals surface area contributed by atoms with E-state index in [1.54, 1.807) is 18.5 Å². The highest BCUT2D eigenvalue weighted by Gasteiger charge is 2.21. The number of hydrogen-bond acceptors (Lipinski definition) is 3. The van der Waals surface area contributed by atoms with Gasteiger partial charge in [0, 0.05) is 25.7 Å². The van der Waals surface area contributed by atoms with Crippen LogP contribution in [0.1, 0.15) is 44.9 Å². The average molecular weight is 274 g/mol. The topological polar surface area (TPSA) is 41.3 Å². The highest BCUT2D eigenvalue weighted by Crippen LogP contribution is 2.26. The Morgan fingerprint density at radius 1 is 1.44 bits per heavy atom. The lowest BCUT2D eigenvalue weighted by atomic mass is 10.1. The summed E-state index contributed by atoms with van der Waals surface area (Å²) in [4.78, 5) is 2.06. The van der Waals surface area contributed by atoms with Gasteiger partial charge in [0.2, 0.25) is 0 Å². The van der Waals surface area contributed by atoms with Gasteiger partial charge in [0.15, 0.2) is 0 Å². The molecule has 0 radical (unpaired) electrons. The molecule has 1 N–H and O–H groups in total. The average Bonchev–Trinajstić information content (AvgIpc) is 2.43. The van der Waals surface area contributed by atoms with E-state index in [0.717, 1.165) is 11.3 Å². The predicted octanol–water partition coefficient (Wildman–Crippen LogP) is 2.40. The molecule has 0 unspecified atom stereocenters. The standard InChI is InChI=1S/C13H24ClN3O/c1-9(2)11-10(12(14)17(6)15-11)7-16(5)8-13(3,4)18/h9,18H,7-8H2,1-6H3. The van der Waals surface area contributed by atoms with Crippen LogP contribution in [0.25, 0.3) is 0 Å². The lowest BCUT2D eigenvalue weighted by Gasteiger charge is -2.25. The summed E-state index contributed by atoms with van der Waals surface area (Å²) in [5, 5.41) is 15.0. The van der Waals surface area contributed by atoms with Crippen LogP contribution in [0.5, 0.6) is 0 Å². The minimum Gasteiger partial charge on any atom is -0.389 e. The lowest BCUT2D eigenvalue weighted by Crippen LogP contribution is -2.36. The SMILES string of the molecule is CC(C)c1nn(C)c(Cl)c1CN(C)CC(C)(C)O. The molecule has 0 atom stereocenters. The van der Waals surface area contributed by atoms with Gasteiger partial charge in [0.1, 0.15) is 5.15 Å². The summed E-state index contributed by atoms with van der Waals surface area (Å²) in [5.41, 5.74) is 1.38. The maximum absolute atomic E-state index is 9.82. The van der Waals surface area contributed by atoms with Crippen LogP contribution in [-0.2, 0) is 13.6 Å². The first-order valence-electron chi connectivity index (χ1n) is 6.24. The van der Waals surface area contributed by atoms with Crippen LogP contribution in [0.2, 0.25) is 5.15 Å². The van der Waals surface area contributed by atoms with Crippen LogP contribution in [0, 0.1) is 0 Å². The van der Waals surface area contributed by atoms with E-state index in [9.17, 15) is 5.11 Å². The van der Waals surface area contributed by atoms with Crippen LogP contribution in [0.3, 0.4) is 0 Å². The van der Waals surface area contributed by atoms with E-state index in [2.05, 4.69) is 23.8 Å². The Hall–Kier alpha value is -0.580. The molecule has 0 aliphatic carbocycles. The predicted molar refractivity (Wildman–Crippen MR) is 74.9 cm³/mol. The molecular weight excluding hydrogens is 250 g/mol. The van der Waals surface area contributed by atoms with Crippen LogP contribution in [0.15, 0.2) is 0 Å². The molecular formula is C13H24ClN3O. The number of aliphatic hydroxyl groups is 1. The van der Waals surface area contributed by atoms with Crippen LogP contribution in [0.4, 0.5) is 0 Å². The number of aromatic nitrogens is 2. The van der Waals surface area contributed by atoms with Gasteiger partial charge in [0.05, 0.1) is 11.3 Å². The minimum absolute atomic E-state index is 0.342. The molecule has 0 fully saturated rings. The number of nitrogens with zero attached hydrogens (tertiary/aromatic N) is 3. The fourth-order valence-corrected chi connectivity index (χ4v) is 2.36. The number of aryl methyl sites for hydroxylation is 1. The Morgan fingerprint density at radius 2 is 2.00 bits per heavy atom. The van der Waals surface area contributed by atoms with Crippen LogP contribution >= 0.6 is 11.6 Å². The Labute approximate surface area is 115 Å². The summed E-state index contributed by atoms with van der Waals surface area (Å²) >= 11 is 6.28. The first-order chi connectivity index (χ1) is 8.11. The minimum atomic E-state index is -0.707. The van der Waals surface area contributed by atoms with Crippen molar-refractivity contribution in [1.82, 2.24) is 14.7 Å². The van der Waals surface area contributed by atoms with Crippen LogP contribution in [-0.4, -0.2) is 39.0 Å². The third kappa shape index (κ3) is 3.97. The van der Waals surface area contributed by atoms with Gasteiger partial charge in [-0.2, -0.15) is 5.10 Å². The molecule has 0 aliphatic rings. The van der Waals surface area contributed by atoms with Crippen molar-refractivity contribution in [3.8, 4) is 0 Å². The van der Waals surface area contributed by atoms with Crippen molar-refractivity contribution in [3.63, 3.8) is 0 Å². The van der Waals surface area contributed by atoms with Gasteiger partial charge < -0.3 is 5.11 Å². The van der Waals surface area contributed by atoms with Gasteiger partial charge in [-0.25, -0.2) is 0 Å². The molecule has 0 aromatic carbocycles. The van der Waals surface area contributed by atoms with Crippen molar-refractivity contribution in [2.75, 3.05) is 13.6 Å².